The molecule has 1 aromatic rings. The molecule has 28 heavy (non-hydrogen) atoms. The monoisotopic (exact) mass is 390 g/mol. The van der Waals surface area contributed by atoms with E-state index >= 15 is 0 Å². The molecule has 0 radical (unpaired) electrons. The quantitative estimate of drug-likeness (QED) is 0.627. The van der Waals surface area contributed by atoms with Gasteiger partial charge in [0.1, 0.15) is 6.54 Å². The summed E-state index contributed by atoms with van der Waals surface area (Å²) in [7, 11) is 3.08. The van der Waals surface area contributed by atoms with Gasteiger partial charge in [-0.2, -0.15) is 0 Å². The van der Waals surface area contributed by atoms with E-state index < -0.39 is 11.9 Å². The zero-order chi connectivity index (χ0) is 20.3. The molecule has 3 rings (SSSR count). The summed E-state index contributed by atoms with van der Waals surface area (Å²) >= 11 is 0. The van der Waals surface area contributed by atoms with Crippen molar-refractivity contribution in [1.29, 1.82) is 0 Å². The van der Waals surface area contributed by atoms with E-state index in [9.17, 15) is 14.4 Å². The summed E-state index contributed by atoms with van der Waals surface area (Å²) < 4.78 is 15.5. The molecule has 8 nitrogen and oxygen atoms in total. The van der Waals surface area contributed by atoms with Crippen molar-refractivity contribution in [2.45, 2.75) is 32.2 Å². The minimum absolute atomic E-state index is 0.0572. The summed E-state index contributed by atoms with van der Waals surface area (Å²) in [5.74, 6) is -0.0897. The average molecular weight is 390 g/mol. The van der Waals surface area contributed by atoms with Crippen LogP contribution in [-0.4, -0.2) is 62.6 Å². The molecule has 1 aromatic carbocycles. The average Bonchev–Trinajstić information content (AvgIpc) is 3.46. The van der Waals surface area contributed by atoms with Gasteiger partial charge in [0, 0.05) is 30.8 Å². The van der Waals surface area contributed by atoms with E-state index in [2.05, 4.69) is 0 Å². The van der Waals surface area contributed by atoms with E-state index in [1.165, 1.54) is 7.11 Å². The zero-order valence-corrected chi connectivity index (χ0v) is 16.5. The van der Waals surface area contributed by atoms with Crippen LogP contribution in [0.4, 0.5) is 5.69 Å². The van der Waals surface area contributed by atoms with E-state index in [0.717, 1.165) is 12.8 Å². The smallest absolute Gasteiger partial charge is 0.325 e. The number of hydrogen-bond acceptors (Lipinski definition) is 6. The van der Waals surface area contributed by atoms with Crippen molar-refractivity contribution in [2.24, 2.45) is 5.92 Å². The number of methoxy groups -OCH3 is 2. The first-order valence-electron chi connectivity index (χ1n) is 9.47. The predicted octanol–water partition coefficient (Wildman–Crippen LogP) is 1.61. The molecule has 2 fully saturated rings. The van der Waals surface area contributed by atoms with Crippen LogP contribution in [0.15, 0.2) is 18.2 Å². The van der Waals surface area contributed by atoms with Crippen LogP contribution in [-0.2, 0) is 19.1 Å². The Bertz CT molecular complexity index is 761. The first kappa shape index (κ1) is 20.0. The van der Waals surface area contributed by atoms with Crippen LogP contribution in [0.5, 0.6) is 11.5 Å². The second-order valence-electron chi connectivity index (χ2n) is 6.95. The molecule has 152 valence electrons. The minimum Gasteiger partial charge on any atom is -0.493 e. The molecule has 0 aromatic heterocycles. The molecule has 0 unspecified atom stereocenters. The highest BCUT2D eigenvalue weighted by atomic mass is 16.5. The van der Waals surface area contributed by atoms with Crippen molar-refractivity contribution in [1.82, 2.24) is 4.90 Å². The van der Waals surface area contributed by atoms with E-state index in [4.69, 9.17) is 14.2 Å². The molecule has 1 saturated heterocycles. The maximum Gasteiger partial charge on any atom is 0.325 e. The van der Waals surface area contributed by atoms with Crippen molar-refractivity contribution < 1.29 is 28.6 Å². The number of esters is 1. The van der Waals surface area contributed by atoms with Crippen molar-refractivity contribution >= 4 is 23.5 Å². The lowest BCUT2D eigenvalue weighted by Gasteiger charge is -2.24. The Labute approximate surface area is 164 Å². The van der Waals surface area contributed by atoms with Crippen LogP contribution >= 0.6 is 0 Å². The standard InChI is InChI=1S/C20H26N2O6/c1-4-28-19(24)12-22(14-5-6-14)20(25)13-9-18(23)21(11-13)15-7-8-16(26-2)17(10-15)27-3/h7-8,10,13-14H,4-6,9,11-12H2,1-3H3/t13-/m1/s1. The molecule has 1 heterocycles. The summed E-state index contributed by atoms with van der Waals surface area (Å²) in [5.41, 5.74) is 0.654. The number of amides is 2. The van der Waals surface area contributed by atoms with E-state index in [1.54, 1.807) is 42.0 Å². The fourth-order valence-corrected chi connectivity index (χ4v) is 3.47. The van der Waals surface area contributed by atoms with Crippen molar-refractivity contribution in [3.63, 3.8) is 0 Å². The highest BCUT2D eigenvalue weighted by molar-refractivity contribution is 6.01. The van der Waals surface area contributed by atoms with Gasteiger partial charge in [-0.1, -0.05) is 0 Å². The lowest BCUT2D eigenvalue weighted by atomic mass is 10.1. The maximum atomic E-state index is 13.0. The van der Waals surface area contributed by atoms with E-state index in [-0.39, 0.29) is 44.0 Å². The van der Waals surface area contributed by atoms with Crippen LogP contribution in [0.2, 0.25) is 0 Å². The van der Waals surface area contributed by atoms with E-state index in [1.807, 2.05) is 0 Å². The molecule has 0 N–H and O–H groups in total. The number of ether oxygens (including phenoxy) is 3. The Kier molecular flexibility index (Phi) is 6.06. The number of hydrogen-bond donors (Lipinski definition) is 0. The molecule has 2 aliphatic rings. The Hall–Kier alpha value is -2.77. The fraction of sp³-hybridized carbons (Fsp3) is 0.550. The van der Waals surface area contributed by atoms with Gasteiger partial charge >= 0.3 is 5.97 Å². The predicted molar refractivity (Wildman–Crippen MR) is 101 cm³/mol. The Balaban J connectivity index is 1.72. The van der Waals surface area contributed by atoms with Gasteiger partial charge in [0.25, 0.3) is 0 Å². The molecular formula is C20H26N2O6. The van der Waals surface area contributed by atoms with Crippen LogP contribution in [0.1, 0.15) is 26.2 Å². The van der Waals surface area contributed by atoms with Crippen LogP contribution in [0.25, 0.3) is 0 Å². The van der Waals surface area contributed by atoms with Crippen molar-refractivity contribution in [3.05, 3.63) is 18.2 Å². The number of rotatable bonds is 8. The van der Waals surface area contributed by atoms with Gasteiger partial charge in [0.05, 0.1) is 26.7 Å². The zero-order valence-electron chi connectivity index (χ0n) is 16.5. The number of anilines is 1. The molecule has 1 saturated carbocycles. The number of nitrogens with zero attached hydrogens (tertiary/aromatic N) is 2. The summed E-state index contributed by atoms with van der Waals surface area (Å²) in [6.07, 6.45) is 1.88. The molecule has 1 atom stereocenters. The molecule has 2 amide bonds. The first-order chi connectivity index (χ1) is 13.5. The SMILES string of the molecule is CCOC(=O)CN(C(=O)[C@@H]1CC(=O)N(c2ccc(OC)c(OC)c2)C1)C1CC1. The molecule has 0 bridgehead atoms. The van der Waals surface area contributed by atoms with E-state index in [0.29, 0.717) is 17.2 Å². The Morgan fingerprint density at radius 1 is 1.18 bits per heavy atom. The maximum absolute atomic E-state index is 13.0. The summed E-state index contributed by atoms with van der Waals surface area (Å²) in [4.78, 5) is 40.6. The third kappa shape index (κ3) is 4.21. The largest absolute Gasteiger partial charge is 0.493 e. The molecular weight excluding hydrogens is 364 g/mol. The van der Waals surface area contributed by atoms with Crippen LogP contribution < -0.4 is 14.4 Å². The van der Waals surface area contributed by atoms with Gasteiger partial charge in [-0.3, -0.25) is 14.4 Å². The van der Waals surface area contributed by atoms with Gasteiger partial charge in [-0.15, -0.1) is 0 Å². The summed E-state index contributed by atoms with van der Waals surface area (Å²) in [6, 6.07) is 5.29. The summed E-state index contributed by atoms with van der Waals surface area (Å²) in [6.45, 7) is 2.23. The third-order valence-electron chi connectivity index (χ3n) is 5.03. The summed E-state index contributed by atoms with van der Waals surface area (Å²) in [5, 5.41) is 0. The third-order valence-corrected chi connectivity index (χ3v) is 5.03. The van der Waals surface area contributed by atoms with Gasteiger partial charge < -0.3 is 24.0 Å². The van der Waals surface area contributed by atoms with Gasteiger partial charge in [0.2, 0.25) is 11.8 Å². The highest BCUT2D eigenvalue weighted by Gasteiger charge is 2.42. The normalized spacial score (nSPS) is 18.8. The second-order valence-corrected chi connectivity index (χ2v) is 6.95. The molecule has 1 aliphatic heterocycles. The Morgan fingerprint density at radius 3 is 2.50 bits per heavy atom. The topological polar surface area (TPSA) is 85.4 Å². The molecule has 8 heteroatoms. The molecule has 1 aliphatic carbocycles. The number of carbonyl (C=O) groups is 3. The van der Waals surface area contributed by atoms with Gasteiger partial charge in [-0.05, 0) is 31.9 Å². The van der Waals surface area contributed by atoms with Crippen LogP contribution in [0.3, 0.4) is 0 Å². The Morgan fingerprint density at radius 2 is 1.89 bits per heavy atom. The van der Waals surface area contributed by atoms with Crippen molar-refractivity contribution in [2.75, 3.05) is 38.8 Å². The van der Waals surface area contributed by atoms with Gasteiger partial charge in [-0.25, -0.2) is 0 Å². The lowest BCUT2D eigenvalue weighted by molar-refractivity contribution is -0.150. The van der Waals surface area contributed by atoms with Gasteiger partial charge in [0.15, 0.2) is 11.5 Å². The minimum atomic E-state index is -0.476. The van der Waals surface area contributed by atoms with Crippen LogP contribution in [0, 0.1) is 5.92 Å². The van der Waals surface area contributed by atoms with Crippen molar-refractivity contribution in [3.8, 4) is 11.5 Å². The highest BCUT2D eigenvalue weighted by Crippen LogP contribution is 2.35. The fourth-order valence-electron chi connectivity index (χ4n) is 3.47. The first-order valence-corrected chi connectivity index (χ1v) is 9.47. The number of carbonyl (C=O) groups excluding carboxylic acids is 3. The second kappa shape index (κ2) is 8.50. The molecule has 0 spiro atoms. The number of benzene rings is 1. The lowest BCUT2D eigenvalue weighted by Crippen LogP contribution is -2.42.